The fraction of sp³-hybridized carbons (Fsp3) is 0. The maximum atomic E-state index is 6.89. The van der Waals surface area contributed by atoms with Crippen molar-refractivity contribution in [1.82, 2.24) is 4.57 Å². The van der Waals surface area contributed by atoms with E-state index < -0.39 is 0 Å². The number of benzene rings is 8. The summed E-state index contributed by atoms with van der Waals surface area (Å²) in [6.07, 6.45) is 0. The van der Waals surface area contributed by atoms with Crippen molar-refractivity contribution in [3.63, 3.8) is 0 Å². The van der Waals surface area contributed by atoms with Crippen molar-refractivity contribution in [3.05, 3.63) is 182 Å². The quantitative estimate of drug-likeness (QED) is 0.175. The van der Waals surface area contributed by atoms with Crippen molar-refractivity contribution in [2.45, 2.75) is 0 Å². The van der Waals surface area contributed by atoms with E-state index in [1.54, 1.807) is 0 Å². The van der Waals surface area contributed by atoms with Gasteiger partial charge in [0.25, 0.3) is 0 Å². The Morgan fingerprint density at radius 2 is 1.02 bits per heavy atom. The van der Waals surface area contributed by atoms with Gasteiger partial charge < -0.3 is 14.0 Å². The molecule has 8 aromatic carbocycles. The lowest BCUT2D eigenvalue weighted by Gasteiger charge is -2.33. The first-order valence-electron chi connectivity index (χ1n) is 17.8. The molecule has 242 valence electrons. The first kappa shape index (κ1) is 29.0. The zero-order chi connectivity index (χ0) is 34.2. The molecule has 52 heavy (non-hydrogen) atoms. The van der Waals surface area contributed by atoms with Crippen molar-refractivity contribution in [2.75, 3.05) is 0 Å². The van der Waals surface area contributed by atoms with Crippen LogP contribution in [0.1, 0.15) is 0 Å². The number of fused-ring (bicyclic) bond motifs is 7. The van der Waals surface area contributed by atoms with E-state index in [1.165, 1.54) is 32.9 Å². The van der Waals surface area contributed by atoms with Crippen molar-refractivity contribution in [3.8, 4) is 67.4 Å². The monoisotopic (exact) mass is 663 g/mol. The molecule has 0 fully saturated rings. The summed E-state index contributed by atoms with van der Waals surface area (Å²) in [4.78, 5) is 0. The highest BCUT2D eigenvalue weighted by molar-refractivity contribution is 6.84. The van der Waals surface area contributed by atoms with Gasteiger partial charge in [0.1, 0.15) is 17.2 Å². The molecule has 0 unspecified atom stereocenters. The van der Waals surface area contributed by atoms with Crippen LogP contribution in [0.5, 0.6) is 17.2 Å². The Kier molecular flexibility index (Phi) is 6.35. The van der Waals surface area contributed by atoms with E-state index in [4.69, 9.17) is 9.39 Å². The predicted octanol–water partition coefficient (Wildman–Crippen LogP) is 11.1. The molecular weight excluding hydrogens is 633 g/mol. The smallest absolute Gasteiger partial charge is 0.434 e. The molecule has 0 radical (unpaired) electrons. The molecular formula is C48H30BNO2. The molecule has 0 saturated carbocycles. The zero-order valence-electron chi connectivity index (χ0n) is 28.2. The fourth-order valence-corrected chi connectivity index (χ4v) is 8.30. The van der Waals surface area contributed by atoms with Gasteiger partial charge in [-0.2, -0.15) is 0 Å². The first-order valence-corrected chi connectivity index (χ1v) is 17.8. The van der Waals surface area contributed by atoms with Crippen LogP contribution in [0.2, 0.25) is 0 Å². The van der Waals surface area contributed by atoms with E-state index in [1.807, 2.05) is 0 Å². The third-order valence-electron chi connectivity index (χ3n) is 10.7. The van der Waals surface area contributed by atoms with Gasteiger partial charge >= 0.3 is 6.92 Å². The number of rotatable bonds is 4. The molecule has 4 heteroatoms. The van der Waals surface area contributed by atoms with Gasteiger partial charge in [-0.15, -0.1) is 0 Å². The molecule has 2 aliphatic rings. The van der Waals surface area contributed by atoms with Crippen LogP contribution in [0.15, 0.2) is 182 Å². The standard InChI is InChI=1S/C48H30BNO2/c1-2-13-31(14-3-1)32-15-12-16-33(27-32)34-25-26-46-41(29-34)49-48-40(39-20-7-11-24-45(39)52-49)28-35(30-47(48)51-46)36-17-4-8-21-42(36)50-43-22-9-5-18-37(43)38-19-6-10-23-44(38)50/h1-30H. The molecule has 0 bridgehead atoms. The highest BCUT2D eigenvalue weighted by Crippen LogP contribution is 2.44. The van der Waals surface area contributed by atoms with Crippen LogP contribution in [0.3, 0.4) is 0 Å². The average Bonchev–Trinajstić information content (AvgIpc) is 3.55. The van der Waals surface area contributed by atoms with E-state index in [-0.39, 0.29) is 6.92 Å². The second-order valence-corrected chi connectivity index (χ2v) is 13.6. The molecule has 9 aromatic rings. The van der Waals surface area contributed by atoms with Gasteiger partial charge in [-0.3, -0.25) is 0 Å². The van der Waals surface area contributed by atoms with Crippen LogP contribution < -0.4 is 20.3 Å². The van der Waals surface area contributed by atoms with Crippen LogP contribution in [0.4, 0.5) is 0 Å². The molecule has 1 aromatic heterocycles. The SMILES string of the molecule is c1ccc(-c2cccc(-c3ccc4c(c3)B3Oc5ccccc5-c5cc(-c6ccccc6-n6c7ccccc7c7ccccc76)cc(c53)O4)c2)cc1. The topological polar surface area (TPSA) is 23.4 Å². The normalized spacial score (nSPS) is 12.5. The molecule has 0 amide bonds. The minimum atomic E-state index is -0.303. The van der Waals surface area contributed by atoms with E-state index in [2.05, 4.69) is 187 Å². The van der Waals surface area contributed by atoms with Gasteiger partial charge in [-0.05, 0) is 81.9 Å². The van der Waals surface area contributed by atoms with Crippen molar-refractivity contribution in [1.29, 1.82) is 0 Å². The average molecular weight is 664 g/mol. The molecule has 3 nitrogen and oxygen atoms in total. The van der Waals surface area contributed by atoms with Crippen molar-refractivity contribution in [2.24, 2.45) is 0 Å². The summed E-state index contributed by atoms with van der Waals surface area (Å²) in [6, 6.07) is 64.7. The summed E-state index contributed by atoms with van der Waals surface area (Å²) in [5, 5.41) is 2.49. The van der Waals surface area contributed by atoms with E-state index in [9.17, 15) is 0 Å². The van der Waals surface area contributed by atoms with Gasteiger partial charge in [-0.25, -0.2) is 0 Å². The van der Waals surface area contributed by atoms with E-state index in [0.717, 1.165) is 67.2 Å². The number of ether oxygens (including phenoxy) is 1. The van der Waals surface area contributed by atoms with Crippen LogP contribution in [-0.2, 0) is 0 Å². The summed E-state index contributed by atoms with van der Waals surface area (Å²) in [7, 11) is 0. The second-order valence-electron chi connectivity index (χ2n) is 13.6. The Hall–Kier alpha value is -6.78. The summed E-state index contributed by atoms with van der Waals surface area (Å²) in [6.45, 7) is -0.303. The third-order valence-corrected chi connectivity index (χ3v) is 10.7. The summed E-state index contributed by atoms with van der Waals surface area (Å²) in [5.41, 5.74) is 14.7. The number of nitrogens with zero attached hydrogens (tertiary/aromatic N) is 1. The molecule has 3 heterocycles. The van der Waals surface area contributed by atoms with Gasteiger partial charge in [0.15, 0.2) is 0 Å². The Morgan fingerprint density at radius 1 is 0.385 bits per heavy atom. The number of hydrogen-bond donors (Lipinski definition) is 0. The molecule has 0 saturated heterocycles. The Labute approximate surface area is 302 Å². The molecule has 0 atom stereocenters. The molecule has 0 spiro atoms. The fourth-order valence-electron chi connectivity index (χ4n) is 8.30. The summed E-state index contributed by atoms with van der Waals surface area (Å²) >= 11 is 0. The first-order chi connectivity index (χ1) is 25.8. The highest BCUT2D eigenvalue weighted by Gasteiger charge is 2.41. The van der Waals surface area contributed by atoms with Gasteiger partial charge in [0.05, 0.1) is 16.7 Å². The molecule has 0 N–H and O–H groups in total. The second kappa shape index (κ2) is 11.4. The van der Waals surface area contributed by atoms with Crippen LogP contribution in [-0.4, -0.2) is 11.5 Å². The lowest BCUT2D eigenvalue weighted by Crippen LogP contribution is -2.53. The lowest BCUT2D eigenvalue weighted by molar-refractivity contribution is 0.479. The van der Waals surface area contributed by atoms with E-state index in [0.29, 0.717) is 0 Å². The molecule has 2 aliphatic heterocycles. The maximum Gasteiger partial charge on any atom is 0.434 e. The number of aromatic nitrogens is 1. The van der Waals surface area contributed by atoms with E-state index >= 15 is 0 Å². The molecule has 11 rings (SSSR count). The van der Waals surface area contributed by atoms with Crippen LogP contribution >= 0.6 is 0 Å². The van der Waals surface area contributed by atoms with Crippen LogP contribution in [0, 0.1) is 0 Å². The number of hydrogen-bond acceptors (Lipinski definition) is 2. The lowest BCUT2D eigenvalue weighted by atomic mass is 9.50. The van der Waals surface area contributed by atoms with Gasteiger partial charge in [0, 0.05) is 32.8 Å². The predicted molar refractivity (Wildman–Crippen MR) is 215 cm³/mol. The van der Waals surface area contributed by atoms with Crippen molar-refractivity contribution >= 4 is 39.6 Å². The Balaban J connectivity index is 1.08. The van der Waals surface area contributed by atoms with Gasteiger partial charge in [-0.1, -0.05) is 133 Å². The zero-order valence-corrected chi connectivity index (χ0v) is 28.2. The summed E-state index contributed by atoms with van der Waals surface area (Å²) in [5.74, 6) is 2.53. The summed E-state index contributed by atoms with van der Waals surface area (Å²) < 4.78 is 16.2. The van der Waals surface area contributed by atoms with Gasteiger partial charge in [0.2, 0.25) is 0 Å². The number of para-hydroxylation sites is 4. The minimum absolute atomic E-state index is 0.303. The Bertz CT molecular complexity index is 2820. The molecule has 0 aliphatic carbocycles. The highest BCUT2D eigenvalue weighted by atomic mass is 16.5. The van der Waals surface area contributed by atoms with Crippen molar-refractivity contribution < 1.29 is 9.39 Å². The van der Waals surface area contributed by atoms with Crippen LogP contribution in [0.25, 0.3) is 72.0 Å². The largest absolute Gasteiger partial charge is 0.551 e. The minimum Gasteiger partial charge on any atom is -0.551 e. The third kappa shape index (κ3) is 4.41. The maximum absolute atomic E-state index is 6.89. The Morgan fingerprint density at radius 3 is 1.83 bits per heavy atom.